The molecule has 1 fully saturated rings. The number of carbonyl (C=O) groups excluding carboxylic acids is 1. The smallest absolute Gasteiger partial charge is 0.270 e. The molecule has 0 spiro atoms. The first-order valence-corrected chi connectivity index (χ1v) is 12.4. The quantitative estimate of drug-likeness (QED) is 0.663. The molecular weight excluding hydrogens is 412 g/mol. The molecule has 7 nitrogen and oxygen atoms in total. The summed E-state index contributed by atoms with van der Waals surface area (Å²) in [5.74, 6) is 0.287. The maximum Gasteiger partial charge on any atom is 0.270 e. The highest BCUT2D eigenvalue weighted by atomic mass is 32.2. The minimum Gasteiger partial charge on any atom is -0.344 e. The monoisotopic (exact) mass is 446 g/mol. The van der Waals surface area contributed by atoms with Crippen LogP contribution in [0, 0.1) is 0 Å². The maximum atomic E-state index is 13.1. The predicted octanol–water partition coefficient (Wildman–Crippen LogP) is 4.04. The van der Waals surface area contributed by atoms with Crippen molar-refractivity contribution in [3.05, 3.63) is 47.3 Å². The largest absolute Gasteiger partial charge is 0.344 e. The first kappa shape index (κ1) is 23.5. The molecule has 31 heavy (non-hydrogen) atoms. The van der Waals surface area contributed by atoms with E-state index < -0.39 is 10.0 Å². The number of carbonyl (C=O) groups is 1. The number of hydrogen-bond donors (Lipinski definition) is 1. The summed E-state index contributed by atoms with van der Waals surface area (Å²) in [7, 11) is -3.50. The molecule has 1 N–H and O–H groups in total. The average Bonchev–Trinajstić information content (AvgIpc) is 3.45. The number of amides is 1. The van der Waals surface area contributed by atoms with Crippen LogP contribution in [0.4, 0.5) is 0 Å². The zero-order chi connectivity index (χ0) is 23.0. The lowest BCUT2D eigenvalue weighted by molar-refractivity contribution is 0.0921. The molecule has 2 aromatic rings. The van der Waals surface area contributed by atoms with Crippen LogP contribution in [0.25, 0.3) is 0 Å². The van der Waals surface area contributed by atoms with Crippen molar-refractivity contribution in [1.29, 1.82) is 0 Å². The molecule has 0 saturated heterocycles. The Hall–Kier alpha value is -2.19. The molecule has 1 aromatic heterocycles. The highest BCUT2D eigenvalue weighted by Crippen LogP contribution is 2.40. The van der Waals surface area contributed by atoms with Crippen LogP contribution in [0.3, 0.4) is 0 Å². The second kappa shape index (κ2) is 8.74. The Kier molecular flexibility index (Phi) is 6.62. The van der Waals surface area contributed by atoms with Crippen molar-refractivity contribution in [2.24, 2.45) is 0 Å². The van der Waals surface area contributed by atoms with Gasteiger partial charge in [0.15, 0.2) is 0 Å². The Labute approximate surface area is 185 Å². The normalized spacial score (nSPS) is 15.8. The van der Waals surface area contributed by atoms with Crippen molar-refractivity contribution in [2.45, 2.75) is 76.8 Å². The third-order valence-electron chi connectivity index (χ3n) is 5.66. The molecule has 1 unspecified atom stereocenters. The number of nitrogens with zero attached hydrogens (tertiary/aromatic N) is 3. The summed E-state index contributed by atoms with van der Waals surface area (Å²) < 4.78 is 28.6. The Morgan fingerprint density at radius 2 is 1.77 bits per heavy atom. The zero-order valence-corrected chi connectivity index (χ0v) is 20.2. The summed E-state index contributed by atoms with van der Waals surface area (Å²) in [5.41, 5.74) is 2.08. The van der Waals surface area contributed by atoms with Crippen LogP contribution in [-0.4, -0.2) is 41.5 Å². The molecule has 0 bridgehead atoms. The van der Waals surface area contributed by atoms with Gasteiger partial charge in [-0.2, -0.15) is 9.40 Å². The molecule has 0 radical (unpaired) electrons. The van der Waals surface area contributed by atoms with E-state index in [-0.39, 0.29) is 22.4 Å². The van der Waals surface area contributed by atoms with E-state index in [0.29, 0.717) is 24.7 Å². The van der Waals surface area contributed by atoms with Gasteiger partial charge in [0.2, 0.25) is 10.0 Å². The lowest BCUT2D eigenvalue weighted by Crippen LogP contribution is -2.33. The maximum absolute atomic E-state index is 13.1. The number of rotatable bonds is 8. The summed E-state index contributed by atoms with van der Waals surface area (Å²) in [6.45, 7) is 12.5. The van der Waals surface area contributed by atoms with E-state index >= 15 is 0 Å². The second-order valence-electron chi connectivity index (χ2n) is 9.16. The number of nitrogens with one attached hydrogen (secondary N) is 1. The first-order valence-electron chi connectivity index (χ1n) is 11.0. The SMILES string of the molecule is CCN(CC)S(=O)(=O)c1ccc(C(C)NC(=O)c2cc(C3CC3)nn2C(C)(C)C)cc1. The van der Waals surface area contributed by atoms with Gasteiger partial charge in [-0.05, 0) is 64.3 Å². The molecular formula is C23H34N4O3S. The van der Waals surface area contributed by atoms with E-state index in [1.807, 2.05) is 52.3 Å². The lowest BCUT2D eigenvalue weighted by atomic mass is 10.1. The molecule has 1 aliphatic rings. The Morgan fingerprint density at radius 3 is 2.26 bits per heavy atom. The molecule has 1 atom stereocenters. The van der Waals surface area contributed by atoms with Gasteiger partial charge in [0.1, 0.15) is 5.69 Å². The van der Waals surface area contributed by atoms with Crippen LogP contribution in [-0.2, 0) is 15.6 Å². The van der Waals surface area contributed by atoms with E-state index in [2.05, 4.69) is 5.32 Å². The fraction of sp³-hybridized carbons (Fsp3) is 0.565. The molecule has 1 aromatic carbocycles. The van der Waals surface area contributed by atoms with Crippen molar-refractivity contribution >= 4 is 15.9 Å². The van der Waals surface area contributed by atoms with Crippen LogP contribution < -0.4 is 5.32 Å². The number of aromatic nitrogens is 2. The van der Waals surface area contributed by atoms with Crippen LogP contribution in [0.1, 0.15) is 88.1 Å². The zero-order valence-electron chi connectivity index (χ0n) is 19.3. The van der Waals surface area contributed by atoms with Gasteiger partial charge in [0.05, 0.1) is 22.2 Å². The van der Waals surface area contributed by atoms with E-state index in [1.54, 1.807) is 24.3 Å². The van der Waals surface area contributed by atoms with Crippen LogP contribution >= 0.6 is 0 Å². The van der Waals surface area contributed by atoms with Crippen molar-refractivity contribution in [3.8, 4) is 0 Å². The number of benzene rings is 1. The molecule has 1 saturated carbocycles. The standard InChI is InChI=1S/C23H34N4O3S/c1-7-26(8-2)31(29,30)19-13-11-17(12-14-19)16(3)24-22(28)21-15-20(18-9-10-18)25-27(21)23(4,5)6/h11-16,18H,7-10H2,1-6H3,(H,24,28). The summed E-state index contributed by atoms with van der Waals surface area (Å²) >= 11 is 0. The highest BCUT2D eigenvalue weighted by Gasteiger charge is 2.31. The van der Waals surface area contributed by atoms with Gasteiger partial charge in [-0.3, -0.25) is 9.48 Å². The van der Waals surface area contributed by atoms with Crippen molar-refractivity contribution in [1.82, 2.24) is 19.4 Å². The summed E-state index contributed by atoms with van der Waals surface area (Å²) in [6.07, 6.45) is 2.25. The van der Waals surface area contributed by atoms with Gasteiger partial charge in [-0.1, -0.05) is 26.0 Å². The molecule has 1 heterocycles. The summed E-state index contributed by atoms with van der Waals surface area (Å²) in [4.78, 5) is 13.3. The molecule has 1 amide bonds. The topological polar surface area (TPSA) is 84.3 Å². The Balaban J connectivity index is 1.78. The average molecular weight is 447 g/mol. The van der Waals surface area contributed by atoms with E-state index in [9.17, 15) is 13.2 Å². The highest BCUT2D eigenvalue weighted by molar-refractivity contribution is 7.89. The molecule has 0 aliphatic heterocycles. The van der Waals surface area contributed by atoms with Gasteiger partial charge < -0.3 is 5.32 Å². The minimum absolute atomic E-state index is 0.179. The van der Waals surface area contributed by atoms with Crippen molar-refractivity contribution < 1.29 is 13.2 Å². The summed E-state index contributed by atoms with van der Waals surface area (Å²) in [5, 5.41) is 7.74. The van der Waals surface area contributed by atoms with Crippen LogP contribution in [0.2, 0.25) is 0 Å². The predicted molar refractivity (Wildman–Crippen MR) is 122 cm³/mol. The van der Waals surface area contributed by atoms with Crippen molar-refractivity contribution in [3.63, 3.8) is 0 Å². The minimum atomic E-state index is -3.50. The van der Waals surface area contributed by atoms with Crippen molar-refractivity contribution in [2.75, 3.05) is 13.1 Å². The summed E-state index contributed by atoms with van der Waals surface area (Å²) in [6, 6.07) is 8.37. The number of sulfonamides is 1. The van der Waals surface area contributed by atoms with Crippen LogP contribution in [0.5, 0.6) is 0 Å². The van der Waals surface area contributed by atoms with Crippen LogP contribution in [0.15, 0.2) is 35.2 Å². The van der Waals surface area contributed by atoms with E-state index in [1.165, 1.54) is 4.31 Å². The van der Waals surface area contributed by atoms with Gasteiger partial charge >= 0.3 is 0 Å². The Bertz CT molecular complexity index is 1030. The van der Waals surface area contributed by atoms with Gasteiger partial charge in [-0.15, -0.1) is 0 Å². The second-order valence-corrected chi connectivity index (χ2v) is 11.1. The van der Waals surface area contributed by atoms with E-state index in [4.69, 9.17) is 5.10 Å². The van der Waals surface area contributed by atoms with Gasteiger partial charge in [0, 0.05) is 19.0 Å². The molecule has 170 valence electrons. The van der Waals surface area contributed by atoms with E-state index in [0.717, 1.165) is 24.1 Å². The number of hydrogen-bond acceptors (Lipinski definition) is 4. The molecule has 3 rings (SSSR count). The van der Waals surface area contributed by atoms with Gasteiger partial charge in [-0.25, -0.2) is 8.42 Å². The third kappa shape index (κ3) is 5.01. The first-order chi connectivity index (χ1) is 14.5. The Morgan fingerprint density at radius 1 is 1.19 bits per heavy atom. The molecule has 1 aliphatic carbocycles. The fourth-order valence-electron chi connectivity index (χ4n) is 3.65. The fourth-order valence-corrected chi connectivity index (χ4v) is 5.10. The molecule has 8 heteroatoms. The lowest BCUT2D eigenvalue weighted by Gasteiger charge is -2.23. The third-order valence-corrected chi connectivity index (χ3v) is 7.73. The van der Waals surface area contributed by atoms with Gasteiger partial charge in [0.25, 0.3) is 5.91 Å².